The maximum atomic E-state index is 5.81. The van der Waals surface area contributed by atoms with Gasteiger partial charge in [-0.25, -0.2) is 0 Å². The highest BCUT2D eigenvalue weighted by Gasteiger charge is 2.08. The van der Waals surface area contributed by atoms with E-state index in [1.807, 2.05) is 0 Å². The summed E-state index contributed by atoms with van der Waals surface area (Å²) in [5.41, 5.74) is 11.5. The summed E-state index contributed by atoms with van der Waals surface area (Å²) >= 11 is 0. The largest absolute Gasteiger partial charge is 0.330 e. The third kappa shape index (κ3) is 26.7. The van der Waals surface area contributed by atoms with Gasteiger partial charge < -0.3 is 21.3 Å². The van der Waals surface area contributed by atoms with E-state index in [-0.39, 0.29) is 0 Å². The first-order valence-corrected chi connectivity index (χ1v) is 16.1. The van der Waals surface area contributed by atoms with Crippen molar-refractivity contribution in [2.75, 3.05) is 52.4 Å². The van der Waals surface area contributed by atoms with Crippen LogP contribution in [0.15, 0.2) is 0 Å². The molecule has 0 unspecified atom stereocenters. The number of nitrogens with two attached hydrogens (primary N) is 2. The Labute approximate surface area is 222 Å². The number of hydrogen-bond donors (Lipinski definition) is 2. The molecule has 0 aliphatic rings. The molecule has 0 aromatic carbocycles. The Bertz CT molecular complexity index is 369. The number of rotatable bonds is 30. The monoisotopic (exact) mass is 497 g/mol. The fourth-order valence-electron chi connectivity index (χ4n) is 5.08. The quantitative estimate of drug-likeness (QED) is 0.0998. The van der Waals surface area contributed by atoms with Crippen molar-refractivity contribution in [3.05, 3.63) is 0 Å². The standard InChI is InChI=1S/C31H68N4/c1-3-5-7-8-9-10-11-12-13-14-15-16-17-18-19-20-27-35(29-22-25-33)31-23-30-34(26-6-4-2)28-21-24-32/h3-33H2,1-2H3. The maximum absolute atomic E-state index is 5.81. The number of hydrogen-bond acceptors (Lipinski definition) is 4. The van der Waals surface area contributed by atoms with Crippen LogP contribution in [0.4, 0.5) is 0 Å². The van der Waals surface area contributed by atoms with Crippen LogP contribution in [0.2, 0.25) is 0 Å². The first-order valence-electron chi connectivity index (χ1n) is 16.1. The second-order valence-electron chi connectivity index (χ2n) is 11.0. The molecule has 0 fully saturated rings. The molecule has 0 heterocycles. The highest BCUT2D eigenvalue weighted by atomic mass is 15.1. The van der Waals surface area contributed by atoms with Crippen molar-refractivity contribution in [2.24, 2.45) is 11.5 Å². The Kier molecular flexibility index (Phi) is 29.9. The van der Waals surface area contributed by atoms with Crippen molar-refractivity contribution in [1.29, 1.82) is 0 Å². The first-order chi connectivity index (χ1) is 17.3. The van der Waals surface area contributed by atoms with Gasteiger partial charge in [-0.15, -0.1) is 0 Å². The second kappa shape index (κ2) is 30.1. The minimum atomic E-state index is 0.810. The number of nitrogens with zero attached hydrogens (tertiary/aromatic N) is 2. The van der Waals surface area contributed by atoms with Gasteiger partial charge in [0.15, 0.2) is 0 Å². The molecule has 0 radical (unpaired) electrons. The molecule has 35 heavy (non-hydrogen) atoms. The average molecular weight is 497 g/mol. The van der Waals surface area contributed by atoms with Gasteiger partial charge in [0.05, 0.1) is 0 Å². The van der Waals surface area contributed by atoms with Gasteiger partial charge in [0.2, 0.25) is 0 Å². The Morgan fingerprint density at radius 3 is 0.971 bits per heavy atom. The highest BCUT2D eigenvalue weighted by molar-refractivity contribution is 4.64. The SMILES string of the molecule is CCCCCCCCCCCCCCCCCCN(CCCN)CCCN(CCCC)CCCN. The maximum Gasteiger partial charge on any atom is -0.000654 e. The Morgan fingerprint density at radius 2 is 0.600 bits per heavy atom. The summed E-state index contributed by atoms with van der Waals surface area (Å²) < 4.78 is 0. The molecule has 0 spiro atoms. The van der Waals surface area contributed by atoms with Crippen molar-refractivity contribution in [3.63, 3.8) is 0 Å². The van der Waals surface area contributed by atoms with Crippen molar-refractivity contribution >= 4 is 0 Å². The topological polar surface area (TPSA) is 58.5 Å². The summed E-state index contributed by atoms with van der Waals surface area (Å²) in [4.78, 5) is 5.31. The molecule has 0 atom stereocenters. The molecule has 0 saturated carbocycles. The smallest absolute Gasteiger partial charge is 0.000654 e. The summed E-state index contributed by atoms with van der Waals surface area (Å²) in [6.45, 7) is 13.5. The zero-order valence-corrected chi connectivity index (χ0v) is 24.6. The summed E-state index contributed by atoms with van der Waals surface area (Å²) in [5, 5.41) is 0. The Hall–Kier alpha value is -0.160. The van der Waals surface area contributed by atoms with Crippen LogP contribution in [-0.4, -0.2) is 62.2 Å². The molecule has 0 aliphatic carbocycles. The van der Waals surface area contributed by atoms with E-state index in [0.29, 0.717) is 0 Å². The van der Waals surface area contributed by atoms with Crippen LogP contribution in [0.25, 0.3) is 0 Å². The highest BCUT2D eigenvalue weighted by Crippen LogP contribution is 2.14. The Balaban J connectivity index is 3.69. The molecule has 0 aromatic rings. The normalized spacial score (nSPS) is 11.8. The first kappa shape index (κ1) is 34.8. The van der Waals surface area contributed by atoms with Crippen molar-refractivity contribution in [1.82, 2.24) is 9.80 Å². The summed E-state index contributed by atoms with van der Waals surface area (Å²) in [7, 11) is 0. The van der Waals surface area contributed by atoms with E-state index in [9.17, 15) is 0 Å². The van der Waals surface area contributed by atoms with Crippen LogP contribution in [-0.2, 0) is 0 Å². The summed E-state index contributed by atoms with van der Waals surface area (Å²) in [5.74, 6) is 0. The van der Waals surface area contributed by atoms with Gasteiger partial charge in [0, 0.05) is 0 Å². The molecule has 0 aromatic heterocycles. The van der Waals surface area contributed by atoms with Gasteiger partial charge in [-0.05, 0) is 84.5 Å². The van der Waals surface area contributed by atoms with E-state index in [4.69, 9.17) is 11.5 Å². The van der Waals surface area contributed by atoms with Crippen LogP contribution >= 0.6 is 0 Å². The average Bonchev–Trinajstić information content (AvgIpc) is 2.87. The lowest BCUT2D eigenvalue weighted by atomic mass is 10.0. The van der Waals surface area contributed by atoms with Crippen LogP contribution < -0.4 is 11.5 Å². The van der Waals surface area contributed by atoms with E-state index in [0.717, 1.165) is 25.9 Å². The zero-order chi connectivity index (χ0) is 25.7. The van der Waals surface area contributed by atoms with Gasteiger partial charge in [-0.1, -0.05) is 117 Å². The lowest BCUT2D eigenvalue weighted by Crippen LogP contribution is -2.33. The van der Waals surface area contributed by atoms with Gasteiger partial charge in [0.1, 0.15) is 0 Å². The minimum Gasteiger partial charge on any atom is -0.330 e. The van der Waals surface area contributed by atoms with E-state index >= 15 is 0 Å². The molecule has 0 saturated heterocycles. The van der Waals surface area contributed by atoms with Crippen LogP contribution in [0.3, 0.4) is 0 Å². The predicted octanol–water partition coefficient (Wildman–Crippen LogP) is 7.74. The number of unbranched alkanes of at least 4 members (excludes halogenated alkanes) is 16. The van der Waals surface area contributed by atoms with Gasteiger partial charge in [-0.2, -0.15) is 0 Å². The van der Waals surface area contributed by atoms with Crippen LogP contribution in [0, 0.1) is 0 Å². The van der Waals surface area contributed by atoms with Crippen molar-refractivity contribution in [2.45, 2.75) is 149 Å². The lowest BCUT2D eigenvalue weighted by molar-refractivity contribution is 0.220. The van der Waals surface area contributed by atoms with Crippen LogP contribution in [0.5, 0.6) is 0 Å². The molecule has 0 amide bonds. The summed E-state index contributed by atoms with van der Waals surface area (Å²) in [6.07, 6.45) is 29.2. The van der Waals surface area contributed by atoms with E-state index in [2.05, 4.69) is 23.6 Å². The van der Waals surface area contributed by atoms with Gasteiger partial charge >= 0.3 is 0 Å². The lowest BCUT2D eigenvalue weighted by Gasteiger charge is -2.26. The van der Waals surface area contributed by atoms with Crippen LogP contribution in [0.1, 0.15) is 149 Å². The Morgan fingerprint density at radius 1 is 0.314 bits per heavy atom. The zero-order valence-electron chi connectivity index (χ0n) is 24.6. The molecule has 4 N–H and O–H groups in total. The molecule has 212 valence electrons. The molecule has 4 nitrogen and oxygen atoms in total. The van der Waals surface area contributed by atoms with Crippen molar-refractivity contribution in [3.8, 4) is 0 Å². The molecule has 0 rings (SSSR count). The van der Waals surface area contributed by atoms with E-state index < -0.39 is 0 Å². The van der Waals surface area contributed by atoms with Gasteiger partial charge in [-0.3, -0.25) is 0 Å². The molecular formula is C31H68N4. The van der Waals surface area contributed by atoms with Crippen molar-refractivity contribution < 1.29 is 0 Å². The molecule has 0 aliphatic heterocycles. The molecular weight excluding hydrogens is 428 g/mol. The third-order valence-electron chi connectivity index (χ3n) is 7.46. The summed E-state index contributed by atoms with van der Waals surface area (Å²) in [6, 6.07) is 0. The third-order valence-corrected chi connectivity index (χ3v) is 7.46. The molecule has 0 bridgehead atoms. The predicted molar refractivity (Wildman–Crippen MR) is 159 cm³/mol. The van der Waals surface area contributed by atoms with E-state index in [1.54, 1.807) is 0 Å². The molecule has 4 heteroatoms. The minimum absolute atomic E-state index is 0.810. The second-order valence-corrected chi connectivity index (χ2v) is 11.0. The fourth-order valence-corrected chi connectivity index (χ4v) is 5.08. The van der Waals surface area contributed by atoms with E-state index in [1.165, 1.54) is 161 Å². The fraction of sp³-hybridized carbons (Fsp3) is 1.00. The van der Waals surface area contributed by atoms with Gasteiger partial charge in [0.25, 0.3) is 0 Å².